The molecule has 1 heteroatoms. The Hall–Kier alpha value is -0.0400. The maximum atomic E-state index is 6.07. The predicted octanol–water partition coefficient (Wildman–Crippen LogP) is 1.67. The first-order valence-electron chi connectivity index (χ1n) is 4.95. The van der Waals surface area contributed by atoms with E-state index in [1.807, 2.05) is 0 Å². The van der Waals surface area contributed by atoms with Crippen LogP contribution in [0.5, 0.6) is 0 Å². The highest BCUT2D eigenvalue weighted by atomic mass is 15.0. The number of hydrogen-bond acceptors (Lipinski definition) is 1. The Labute approximate surface area is 67.3 Å². The second-order valence-corrected chi connectivity index (χ2v) is 5.93. The fourth-order valence-electron chi connectivity index (χ4n) is 4.56. The molecule has 6 saturated carbocycles. The van der Waals surface area contributed by atoms with E-state index in [1.54, 1.807) is 19.3 Å². The van der Waals surface area contributed by atoms with Crippen molar-refractivity contribution < 1.29 is 0 Å². The average Bonchev–Trinajstić information content (AvgIpc) is 1.48. The highest BCUT2D eigenvalue weighted by molar-refractivity contribution is 5.32. The van der Waals surface area contributed by atoms with Gasteiger partial charge in [-0.15, -0.1) is 0 Å². The van der Waals surface area contributed by atoms with Crippen LogP contribution in [0.2, 0.25) is 0 Å². The van der Waals surface area contributed by atoms with Crippen LogP contribution >= 0.6 is 0 Å². The first kappa shape index (κ1) is 5.58. The lowest BCUT2D eigenvalue weighted by atomic mass is 9.22. The molecule has 0 unspecified atom stereocenters. The molecule has 0 aliphatic heterocycles. The van der Waals surface area contributed by atoms with Gasteiger partial charge in [-0.2, -0.15) is 0 Å². The van der Waals surface area contributed by atoms with E-state index in [2.05, 4.69) is 0 Å². The van der Waals surface area contributed by atoms with E-state index in [4.69, 9.17) is 5.73 Å². The van der Waals surface area contributed by atoms with Gasteiger partial charge in [0, 0.05) is 5.54 Å². The maximum absolute atomic E-state index is 6.07. The summed E-state index contributed by atoms with van der Waals surface area (Å²) in [5, 5.41) is 0. The van der Waals surface area contributed by atoms with Crippen LogP contribution in [-0.4, -0.2) is 5.54 Å². The largest absolute Gasteiger partial charge is 0.325 e. The van der Waals surface area contributed by atoms with Crippen molar-refractivity contribution in [3.8, 4) is 0 Å². The Morgan fingerprint density at radius 1 is 0.909 bits per heavy atom. The molecule has 0 aromatic carbocycles. The van der Waals surface area contributed by atoms with E-state index in [0.717, 1.165) is 16.7 Å². The molecule has 0 saturated heterocycles. The zero-order chi connectivity index (χ0) is 7.32. The summed E-state index contributed by atoms with van der Waals surface area (Å²) in [4.78, 5) is 0. The van der Waals surface area contributed by atoms with Crippen LogP contribution in [0.1, 0.15) is 38.5 Å². The van der Waals surface area contributed by atoms with Gasteiger partial charge in [0.05, 0.1) is 0 Å². The number of rotatable bonds is 1. The lowest BCUT2D eigenvalue weighted by molar-refractivity contribution is -0.317. The molecule has 6 aliphatic rings. The van der Waals surface area contributed by atoms with Crippen molar-refractivity contribution in [1.82, 2.24) is 0 Å². The molecule has 2 N–H and O–H groups in total. The van der Waals surface area contributed by atoms with Crippen LogP contribution in [0.4, 0.5) is 0 Å². The van der Waals surface area contributed by atoms with E-state index in [9.17, 15) is 0 Å². The van der Waals surface area contributed by atoms with Crippen molar-refractivity contribution in [2.45, 2.75) is 44.1 Å². The second kappa shape index (κ2) is 1.10. The molecule has 0 aromatic rings. The van der Waals surface area contributed by atoms with Gasteiger partial charge in [-0.3, -0.25) is 0 Å². The molecular weight excluding hydrogens is 134 g/mol. The smallest absolute Gasteiger partial charge is 0.0170 e. The fraction of sp³-hybridized carbons (Fsp3) is 1.00. The van der Waals surface area contributed by atoms with Crippen LogP contribution in [0.3, 0.4) is 0 Å². The summed E-state index contributed by atoms with van der Waals surface area (Å²) in [6.45, 7) is 0. The van der Waals surface area contributed by atoms with Gasteiger partial charge in [-0.25, -0.2) is 0 Å². The quantitative estimate of drug-likeness (QED) is 0.603. The lowest BCUT2D eigenvalue weighted by Gasteiger charge is -2.84. The molecule has 4 bridgehead atoms. The van der Waals surface area contributed by atoms with Gasteiger partial charge in [-0.05, 0) is 55.3 Å². The molecule has 11 heavy (non-hydrogen) atoms. The molecule has 6 aliphatic carbocycles. The van der Waals surface area contributed by atoms with Gasteiger partial charge < -0.3 is 5.73 Å². The molecule has 0 atom stereocenters. The summed E-state index contributed by atoms with van der Waals surface area (Å²) >= 11 is 0. The van der Waals surface area contributed by atoms with E-state index in [1.165, 1.54) is 19.3 Å². The fourth-order valence-corrected chi connectivity index (χ4v) is 4.56. The minimum Gasteiger partial charge on any atom is -0.325 e. The highest BCUT2D eigenvalue weighted by Crippen LogP contribution is 2.85. The molecule has 6 fully saturated rings. The first-order chi connectivity index (χ1) is 5.16. The van der Waals surface area contributed by atoms with Gasteiger partial charge in [0.15, 0.2) is 0 Å². The van der Waals surface area contributed by atoms with Crippen molar-refractivity contribution in [3.05, 3.63) is 0 Å². The minimum atomic E-state index is 0.343. The predicted molar refractivity (Wildman–Crippen MR) is 43.0 cm³/mol. The third-order valence-electron chi connectivity index (χ3n) is 5.23. The molecule has 0 amide bonds. The third kappa shape index (κ3) is 0.358. The lowest BCUT2D eigenvalue weighted by Crippen LogP contribution is -2.81. The third-order valence-corrected chi connectivity index (χ3v) is 5.23. The molecule has 60 valence electrons. The van der Waals surface area contributed by atoms with Gasteiger partial charge >= 0.3 is 0 Å². The Bertz CT molecular complexity index is 219. The summed E-state index contributed by atoms with van der Waals surface area (Å²) in [5.74, 6) is 1.15. The zero-order valence-corrected chi connectivity index (χ0v) is 6.90. The maximum Gasteiger partial charge on any atom is 0.0170 e. The van der Waals surface area contributed by atoms with Gasteiger partial charge in [0.2, 0.25) is 0 Å². The molecule has 0 radical (unpaired) electrons. The first-order valence-corrected chi connectivity index (χ1v) is 4.95. The van der Waals surface area contributed by atoms with Crippen LogP contribution in [0.25, 0.3) is 0 Å². The summed E-state index contributed by atoms with van der Waals surface area (Å²) in [6, 6.07) is 0. The number of nitrogens with two attached hydrogens (primary N) is 1. The van der Waals surface area contributed by atoms with Crippen LogP contribution in [0, 0.1) is 16.7 Å². The topological polar surface area (TPSA) is 26.0 Å². The second-order valence-electron chi connectivity index (χ2n) is 5.93. The van der Waals surface area contributed by atoms with Gasteiger partial charge in [0.1, 0.15) is 0 Å². The summed E-state index contributed by atoms with van der Waals surface area (Å²) in [5.41, 5.74) is 8.07. The Kier molecular flexibility index (Phi) is 0.558. The van der Waals surface area contributed by atoms with Crippen LogP contribution in [0.15, 0.2) is 0 Å². The Morgan fingerprint density at radius 2 is 1.45 bits per heavy atom. The summed E-state index contributed by atoms with van der Waals surface area (Å²) in [6.07, 6.45) is 8.86. The molecule has 6 rings (SSSR count). The summed E-state index contributed by atoms with van der Waals surface area (Å²) < 4.78 is 0. The van der Waals surface area contributed by atoms with E-state index >= 15 is 0 Å². The van der Waals surface area contributed by atoms with Gasteiger partial charge in [-0.1, -0.05) is 0 Å². The Balaban J connectivity index is 1.67. The van der Waals surface area contributed by atoms with E-state index in [-0.39, 0.29) is 0 Å². The van der Waals surface area contributed by atoms with Crippen molar-refractivity contribution in [2.24, 2.45) is 22.5 Å². The number of hydrogen-bond donors (Lipinski definition) is 1. The molecule has 1 nitrogen and oxygen atoms in total. The SMILES string of the molecule is NC12CC(C34CC(C3)C4)(C1)C2. The monoisotopic (exact) mass is 149 g/mol. The minimum absolute atomic E-state index is 0.343. The molecule has 0 aromatic heterocycles. The average molecular weight is 149 g/mol. The van der Waals surface area contributed by atoms with Crippen molar-refractivity contribution in [2.75, 3.05) is 0 Å². The molecule has 0 spiro atoms. The molecule has 0 heterocycles. The molecular formula is C10H15N. The van der Waals surface area contributed by atoms with Gasteiger partial charge in [0.25, 0.3) is 0 Å². The van der Waals surface area contributed by atoms with Crippen LogP contribution < -0.4 is 5.73 Å². The normalized spacial score (nSPS) is 75.5. The zero-order valence-electron chi connectivity index (χ0n) is 6.90. The van der Waals surface area contributed by atoms with Crippen molar-refractivity contribution >= 4 is 0 Å². The standard InChI is InChI=1S/C10H15N/c11-10-4-9(5-10,6-10)8-1-7(2-8)3-8/h7H,1-6,11H2. The van der Waals surface area contributed by atoms with E-state index in [0.29, 0.717) is 5.54 Å². The van der Waals surface area contributed by atoms with Crippen LogP contribution in [-0.2, 0) is 0 Å². The summed E-state index contributed by atoms with van der Waals surface area (Å²) in [7, 11) is 0. The Morgan fingerprint density at radius 3 is 1.73 bits per heavy atom. The van der Waals surface area contributed by atoms with Crippen molar-refractivity contribution in [3.63, 3.8) is 0 Å². The highest BCUT2D eigenvalue weighted by Gasteiger charge is 2.79. The van der Waals surface area contributed by atoms with E-state index < -0.39 is 0 Å². The van der Waals surface area contributed by atoms with Crippen molar-refractivity contribution in [1.29, 1.82) is 0 Å².